The Morgan fingerprint density at radius 2 is 2.15 bits per heavy atom. The molecule has 0 unspecified atom stereocenters. The molecule has 0 atom stereocenters. The van der Waals surface area contributed by atoms with Gasteiger partial charge >= 0.3 is 11.7 Å². The van der Waals surface area contributed by atoms with E-state index in [4.69, 9.17) is 0 Å². The van der Waals surface area contributed by atoms with Crippen molar-refractivity contribution in [2.24, 2.45) is 0 Å². The van der Waals surface area contributed by atoms with Crippen molar-refractivity contribution in [2.45, 2.75) is 6.92 Å². The van der Waals surface area contributed by atoms with Gasteiger partial charge in [0.25, 0.3) is 0 Å². The Hall–Kier alpha value is -1.85. The number of ether oxygens (including phenoxy) is 1. The van der Waals surface area contributed by atoms with Crippen LogP contribution in [0.5, 0.6) is 0 Å². The SMILES string of the molecule is COC(=O)c1coc(=O)n1C(C)=O. The predicted molar refractivity (Wildman–Crippen MR) is 40.6 cm³/mol. The highest BCUT2D eigenvalue weighted by Gasteiger charge is 2.18. The Labute approximate surface area is 72.7 Å². The summed E-state index contributed by atoms with van der Waals surface area (Å²) in [4.78, 5) is 32.7. The van der Waals surface area contributed by atoms with E-state index in [0.29, 0.717) is 4.57 Å². The molecule has 0 aromatic carbocycles. The smallest absolute Gasteiger partial charge is 0.426 e. The van der Waals surface area contributed by atoms with Gasteiger partial charge in [0.15, 0.2) is 5.69 Å². The van der Waals surface area contributed by atoms with Crippen LogP contribution >= 0.6 is 0 Å². The summed E-state index contributed by atoms with van der Waals surface area (Å²) in [7, 11) is 1.14. The molecule has 1 rings (SSSR count). The molecule has 0 aliphatic rings. The number of aromatic nitrogens is 1. The summed E-state index contributed by atoms with van der Waals surface area (Å²) in [5, 5.41) is 0. The summed E-state index contributed by atoms with van der Waals surface area (Å²) in [6.07, 6.45) is 0.884. The van der Waals surface area contributed by atoms with E-state index in [1.54, 1.807) is 0 Å². The second-order valence-corrected chi connectivity index (χ2v) is 2.23. The van der Waals surface area contributed by atoms with E-state index in [1.807, 2.05) is 0 Å². The van der Waals surface area contributed by atoms with E-state index >= 15 is 0 Å². The fraction of sp³-hybridized carbons (Fsp3) is 0.286. The van der Waals surface area contributed by atoms with Gasteiger partial charge in [-0.1, -0.05) is 0 Å². The highest BCUT2D eigenvalue weighted by Crippen LogP contribution is 1.98. The van der Waals surface area contributed by atoms with Crippen molar-refractivity contribution in [3.05, 3.63) is 22.5 Å². The lowest BCUT2D eigenvalue weighted by Crippen LogP contribution is -2.24. The van der Waals surface area contributed by atoms with Crippen molar-refractivity contribution in [3.8, 4) is 0 Å². The lowest BCUT2D eigenvalue weighted by atomic mass is 10.4. The van der Waals surface area contributed by atoms with Crippen LogP contribution in [0.3, 0.4) is 0 Å². The molecule has 0 aliphatic heterocycles. The highest BCUT2D eigenvalue weighted by molar-refractivity contribution is 5.92. The third-order valence-electron chi connectivity index (χ3n) is 1.40. The molecule has 0 spiro atoms. The van der Waals surface area contributed by atoms with Crippen LogP contribution in [0, 0.1) is 0 Å². The topological polar surface area (TPSA) is 78.5 Å². The van der Waals surface area contributed by atoms with Gasteiger partial charge in [-0.2, -0.15) is 0 Å². The van der Waals surface area contributed by atoms with E-state index in [9.17, 15) is 14.4 Å². The second-order valence-electron chi connectivity index (χ2n) is 2.23. The van der Waals surface area contributed by atoms with Crippen LogP contribution in [0.15, 0.2) is 15.5 Å². The molecule has 0 saturated heterocycles. The first-order valence-corrected chi connectivity index (χ1v) is 3.37. The summed E-state index contributed by atoms with van der Waals surface area (Å²) < 4.78 is 9.30. The molecule has 70 valence electrons. The van der Waals surface area contributed by atoms with Gasteiger partial charge in [-0.05, 0) is 0 Å². The van der Waals surface area contributed by atoms with Gasteiger partial charge in [0, 0.05) is 6.92 Å². The number of methoxy groups -OCH3 is 1. The molecular formula is C7H7NO5. The van der Waals surface area contributed by atoms with Crippen LogP contribution < -0.4 is 5.76 Å². The third kappa shape index (κ3) is 1.51. The molecule has 0 amide bonds. The fourth-order valence-electron chi connectivity index (χ4n) is 0.852. The van der Waals surface area contributed by atoms with Crippen LogP contribution in [0.1, 0.15) is 22.2 Å². The first-order valence-electron chi connectivity index (χ1n) is 3.37. The Morgan fingerprint density at radius 3 is 2.62 bits per heavy atom. The molecule has 0 N–H and O–H groups in total. The molecule has 13 heavy (non-hydrogen) atoms. The average Bonchev–Trinajstić information content (AvgIpc) is 2.45. The van der Waals surface area contributed by atoms with Crippen LogP contribution in [0.25, 0.3) is 0 Å². The minimum atomic E-state index is -0.895. The summed E-state index contributed by atoms with van der Waals surface area (Å²) >= 11 is 0. The third-order valence-corrected chi connectivity index (χ3v) is 1.40. The number of oxazole rings is 1. The maximum Gasteiger partial charge on any atom is 0.426 e. The maximum atomic E-state index is 11.0. The quantitative estimate of drug-likeness (QED) is 0.570. The van der Waals surface area contributed by atoms with Gasteiger partial charge in [0.05, 0.1) is 7.11 Å². The molecule has 1 aromatic rings. The van der Waals surface area contributed by atoms with Gasteiger partial charge in [-0.25, -0.2) is 14.2 Å². The molecule has 6 nitrogen and oxygen atoms in total. The predicted octanol–water partition coefficient (Wildman–Crippen LogP) is -0.112. The fourth-order valence-corrected chi connectivity index (χ4v) is 0.852. The zero-order chi connectivity index (χ0) is 10.0. The van der Waals surface area contributed by atoms with Gasteiger partial charge in [0.2, 0.25) is 5.91 Å². The largest absolute Gasteiger partial charge is 0.464 e. The number of esters is 1. The van der Waals surface area contributed by atoms with Crippen molar-refractivity contribution in [1.82, 2.24) is 4.57 Å². The van der Waals surface area contributed by atoms with Gasteiger partial charge in [0.1, 0.15) is 6.26 Å². The summed E-state index contributed by atoms with van der Waals surface area (Å²) in [5.74, 6) is -2.28. The molecule has 0 fully saturated rings. The van der Waals surface area contributed by atoms with Crippen LogP contribution in [0.2, 0.25) is 0 Å². The summed E-state index contributed by atoms with van der Waals surface area (Å²) in [6.45, 7) is 1.14. The molecule has 0 aliphatic carbocycles. The molecular weight excluding hydrogens is 178 g/mol. The van der Waals surface area contributed by atoms with Crippen molar-refractivity contribution in [1.29, 1.82) is 0 Å². The highest BCUT2D eigenvalue weighted by atomic mass is 16.5. The van der Waals surface area contributed by atoms with Gasteiger partial charge in [-0.15, -0.1) is 0 Å². The molecule has 1 aromatic heterocycles. The Kier molecular flexibility index (Phi) is 2.32. The van der Waals surface area contributed by atoms with E-state index in [1.165, 1.54) is 0 Å². The van der Waals surface area contributed by atoms with Gasteiger partial charge < -0.3 is 9.15 Å². The second kappa shape index (κ2) is 3.26. The first kappa shape index (κ1) is 9.24. The number of hydrogen-bond donors (Lipinski definition) is 0. The van der Waals surface area contributed by atoms with Crippen LogP contribution in [0.4, 0.5) is 0 Å². The van der Waals surface area contributed by atoms with E-state index in [0.717, 1.165) is 20.3 Å². The zero-order valence-corrected chi connectivity index (χ0v) is 7.07. The lowest BCUT2D eigenvalue weighted by molar-refractivity contribution is 0.0581. The van der Waals surface area contributed by atoms with Crippen LogP contribution in [-0.4, -0.2) is 23.6 Å². The number of nitrogens with zero attached hydrogens (tertiary/aromatic N) is 1. The van der Waals surface area contributed by atoms with E-state index in [-0.39, 0.29) is 5.69 Å². The normalized spacial score (nSPS) is 9.69. The minimum Gasteiger partial charge on any atom is -0.464 e. The number of carbonyl (C=O) groups is 2. The summed E-state index contributed by atoms with van der Waals surface area (Å²) in [5.41, 5.74) is -0.208. The number of rotatable bonds is 1. The van der Waals surface area contributed by atoms with Crippen molar-refractivity contribution < 1.29 is 18.7 Å². The zero-order valence-electron chi connectivity index (χ0n) is 7.07. The standard InChI is InChI=1S/C7H7NO5/c1-4(9)8-5(6(10)12-2)3-13-7(8)11/h3H,1-2H3. The lowest BCUT2D eigenvalue weighted by Gasteiger charge is -1.97. The Bertz CT molecular complexity index is 399. The summed E-state index contributed by atoms with van der Waals surface area (Å²) in [6, 6.07) is 0. The van der Waals surface area contributed by atoms with Crippen LogP contribution in [-0.2, 0) is 4.74 Å². The number of carbonyl (C=O) groups excluding carboxylic acids is 2. The van der Waals surface area contributed by atoms with E-state index in [2.05, 4.69) is 9.15 Å². The Morgan fingerprint density at radius 1 is 1.54 bits per heavy atom. The Balaban J connectivity index is 3.31. The monoisotopic (exact) mass is 185 g/mol. The molecule has 0 bridgehead atoms. The van der Waals surface area contributed by atoms with Crippen molar-refractivity contribution in [2.75, 3.05) is 7.11 Å². The van der Waals surface area contributed by atoms with Crippen molar-refractivity contribution in [3.63, 3.8) is 0 Å². The minimum absolute atomic E-state index is 0.208. The maximum absolute atomic E-state index is 11.0. The molecule has 6 heteroatoms. The van der Waals surface area contributed by atoms with E-state index < -0.39 is 17.6 Å². The number of hydrogen-bond acceptors (Lipinski definition) is 5. The van der Waals surface area contributed by atoms with Gasteiger partial charge in [-0.3, -0.25) is 4.79 Å². The van der Waals surface area contributed by atoms with Crippen molar-refractivity contribution >= 4 is 11.9 Å². The first-order chi connectivity index (χ1) is 6.07. The molecule has 0 saturated carbocycles. The average molecular weight is 185 g/mol. The molecule has 1 heterocycles. The molecule has 0 radical (unpaired) electrons.